The fourth-order valence-electron chi connectivity index (χ4n) is 3.23. The number of anilines is 1. The molecule has 0 radical (unpaired) electrons. The van der Waals surface area contributed by atoms with E-state index in [-0.39, 0.29) is 16.8 Å². The molecule has 3 nitrogen and oxygen atoms in total. The normalized spacial score (nSPS) is 17.2. The van der Waals surface area contributed by atoms with Crippen LogP contribution in [-0.4, -0.2) is 17.3 Å². The van der Waals surface area contributed by atoms with Gasteiger partial charge in [0, 0.05) is 34.8 Å². The van der Waals surface area contributed by atoms with E-state index in [1.165, 1.54) is 13.0 Å². The molecular weight excluding hydrogens is 303 g/mol. The summed E-state index contributed by atoms with van der Waals surface area (Å²) >= 11 is 6.59. The number of ketones is 1. The van der Waals surface area contributed by atoms with Crippen LogP contribution in [0.2, 0.25) is 5.02 Å². The topological polar surface area (TPSA) is 42.0 Å². The monoisotopic (exact) mass is 316 g/mol. The summed E-state index contributed by atoms with van der Waals surface area (Å²) < 4.78 is 14.6. The molecule has 1 N–H and O–H groups in total. The number of halogens is 2. The van der Waals surface area contributed by atoms with Gasteiger partial charge in [-0.1, -0.05) is 23.7 Å². The smallest absolute Gasteiger partial charge is 0.162 e. The van der Waals surface area contributed by atoms with Crippen molar-refractivity contribution in [2.45, 2.75) is 25.2 Å². The number of carbonyl (C=O) groups excluding carboxylic acids is 1. The lowest BCUT2D eigenvalue weighted by molar-refractivity contribution is 0.101. The summed E-state index contributed by atoms with van der Waals surface area (Å²) in [6.45, 7) is 2.20. The Hall–Kier alpha value is -1.94. The zero-order chi connectivity index (χ0) is 15.5. The fraction of sp³-hybridized carbons (Fsp3) is 0.294. The van der Waals surface area contributed by atoms with Crippen molar-refractivity contribution in [2.75, 3.05) is 11.9 Å². The van der Waals surface area contributed by atoms with Gasteiger partial charge < -0.3 is 5.32 Å². The van der Waals surface area contributed by atoms with Crippen LogP contribution in [0.5, 0.6) is 0 Å². The Labute approximate surface area is 132 Å². The van der Waals surface area contributed by atoms with Crippen molar-refractivity contribution < 1.29 is 9.18 Å². The number of carbonyl (C=O) groups is 1. The van der Waals surface area contributed by atoms with Crippen LogP contribution in [0.15, 0.2) is 24.4 Å². The first kappa shape index (κ1) is 13.7. The van der Waals surface area contributed by atoms with E-state index in [0.717, 1.165) is 30.8 Å². The summed E-state index contributed by atoms with van der Waals surface area (Å²) in [6, 6.07) is 4.79. The van der Waals surface area contributed by atoms with Gasteiger partial charge in [-0.15, -0.1) is 0 Å². The van der Waals surface area contributed by atoms with Gasteiger partial charge in [0.25, 0.3) is 0 Å². The third kappa shape index (κ3) is 1.80. The lowest BCUT2D eigenvalue weighted by Gasteiger charge is -2.13. The van der Waals surface area contributed by atoms with Gasteiger partial charge in [0.2, 0.25) is 0 Å². The van der Waals surface area contributed by atoms with E-state index < -0.39 is 5.82 Å². The standard InChI is InChI=1S/C17H14ClFN2O/c1-9(22)10-3-2-4-11(15(10)19)12-7-20-16-13(14(12)18)17(5-6-17)8-21-16/h2-4,7H,5-6,8H2,1H3,(H,20,21). The summed E-state index contributed by atoms with van der Waals surface area (Å²) in [5.41, 5.74) is 2.03. The minimum absolute atomic E-state index is 0.0735. The molecule has 1 aliphatic heterocycles. The molecule has 0 atom stereocenters. The Morgan fingerprint density at radius 1 is 1.36 bits per heavy atom. The molecule has 1 aromatic heterocycles. The molecular formula is C17H14ClFN2O. The lowest BCUT2D eigenvalue weighted by atomic mass is 9.95. The Balaban J connectivity index is 1.92. The third-order valence-electron chi connectivity index (χ3n) is 4.66. The maximum Gasteiger partial charge on any atom is 0.162 e. The number of pyridine rings is 1. The van der Waals surface area contributed by atoms with Crippen LogP contribution in [0, 0.1) is 5.82 Å². The number of aromatic nitrogens is 1. The molecule has 1 spiro atoms. The second kappa shape index (κ2) is 4.53. The van der Waals surface area contributed by atoms with E-state index in [4.69, 9.17) is 11.6 Å². The molecule has 0 saturated heterocycles. The second-order valence-electron chi connectivity index (χ2n) is 6.07. The molecule has 0 amide bonds. The number of nitrogens with one attached hydrogen (secondary N) is 1. The SMILES string of the molecule is CC(=O)c1cccc(-c2cnc3c(c2Cl)C2(CC2)CN3)c1F. The summed E-state index contributed by atoms with van der Waals surface area (Å²) in [7, 11) is 0. The number of hydrogen-bond acceptors (Lipinski definition) is 3. The van der Waals surface area contributed by atoms with E-state index in [1.54, 1.807) is 18.3 Å². The predicted octanol–water partition coefficient (Wildman–Crippen LogP) is 4.20. The molecule has 112 valence electrons. The molecule has 1 fully saturated rings. The van der Waals surface area contributed by atoms with Gasteiger partial charge in [0.05, 0.1) is 10.6 Å². The van der Waals surface area contributed by atoms with Crippen molar-refractivity contribution >= 4 is 23.2 Å². The van der Waals surface area contributed by atoms with Gasteiger partial charge >= 0.3 is 0 Å². The average molecular weight is 317 g/mol. The molecule has 2 heterocycles. The predicted molar refractivity (Wildman–Crippen MR) is 84.0 cm³/mol. The van der Waals surface area contributed by atoms with Gasteiger partial charge in [-0.05, 0) is 25.8 Å². The van der Waals surface area contributed by atoms with Crippen LogP contribution in [0.4, 0.5) is 10.2 Å². The number of fused-ring (bicyclic) bond motifs is 2. The highest BCUT2D eigenvalue weighted by molar-refractivity contribution is 6.34. The number of nitrogens with zero attached hydrogens (tertiary/aromatic N) is 1. The Kier molecular flexibility index (Phi) is 2.82. The van der Waals surface area contributed by atoms with Crippen molar-refractivity contribution in [1.29, 1.82) is 0 Å². The quantitative estimate of drug-likeness (QED) is 0.844. The van der Waals surface area contributed by atoms with Crippen molar-refractivity contribution in [2.24, 2.45) is 0 Å². The van der Waals surface area contributed by atoms with E-state index in [2.05, 4.69) is 10.3 Å². The Bertz CT molecular complexity index is 815. The van der Waals surface area contributed by atoms with Crippen molar-refractivity contribution in [3.63, 3.8) is 0 Å². The zero-order valence-corrected chi connectivity index (χ0v) is 12.8. The highest BCUT2D eigenvalue weighted by Gasteiger charge is 2.51. The molecule has 0 bridgehead atoms. The van der Waals surface area contributed by atoms with Gasteiger partial charge in [0.15, 0.2) is 5.78 Å². The molecule has 1 aliphatic carbocycles. The van der Waals surface area contributed by atoms with Crippen LogP contribution in [0.3, 0.4) is 0 Å². The van der Waals surface area contributed by atoms with Gasteiger partial charge in [-0.25, -0.2) is 9.37 Å². The average Bonchev–Trinajstić information content (AvgIpc) is 3.16. The van der Waals surface area contributed by atoms with Crippen molar-refractivity contribution in [3.8, 4) is 11.1 Å². The minimum atomic E-state index is -0.533. The van der Waals surface area contributed by atoms with Crippen LogP contribution < -0.4 is 5.32 Å². The maximum absolute atomic E-state index is 14.6. The van der Waals surface area contributed by atoms with E-state index in [9.17, 15) is 9.18 Å². The Morgan fingerprint density at radius 2 is 2.14 bits per heavy atom. The van der Waals surface area contributed by atoms with Crippen LogP contribution in [0.1, 0.15) is 35.7 Å². The highest BCUT2D eigenvalue weighted by Crippen LogP contribution is 2.57. The highest BCUT2D eigenvalue weighted by atomic mass is 35.5. The fourth-order valence-corrected chi connectivity index (χ4v) is 3.67. The maximum atomic E-state index is 14.6. The van der Waals surface area contributed by atoms with Crippen LogP contribution in [-0.2, 0) is 5.41 Å². The summed E-state index contributed by atoms with van der Waals surface area (Å²) in [5.74, 6) is -0.0336. The third-order valence-corrected chi connectivity index (χ3v) is 5.05. The molecule has 22 heavy (non-hydrogen) atoms. The molecule has 4 rings (SSSR count). The molecule has 1 saturated carbocycles. The molecule has 1 aromatic carbocycles. The largest absolute Gasteiger partial charge is 0.369 e. The number of benzene rings is 1. The summed E-state index contributed by atoms with van der Waals surface area (Å²) in [6.07, 6.45) is 3.74. The van der Waals surface area contributed by atoms with E-state index >= 15 is 0 Å². The molecule has 5 heteroatoms. The van der Waals surface area contributed by atoms with Gasteiger partial charge in [0.1, 0.15) is 11.6 Å². The summed E-state index contributed by atoms with van der Waals surface area (Å²) in [4.78, 5) is 15.9. The number of hydrogen-bond donors (Lipinski definition) is 1. The first-order valence-corrected chi connectivity index (χ1v) is 7.64. The molecule has 2 aromatic rings. The molecule has 2 aliphatic rings. The van der Waals surface area contributed by atoms with Gasteiger partial charge in [-0.2, -0.15) is 0 Å². The van der Waals surface area contributed by atoms with Crippen LogP contribution in [0.25, 0.3) is 11.1 Å². The van der Waals surface area contributed by atoms with Crippen molar-refractivity contribution in [1.82, 2.24) is 4.98 Å². The second-order valence-corrected chi connectivity index (χ2v) is 6.44. The minimum Gasteiger partial charge on any atom is -0.369 e. The Morgan fingerprint density at radius 3 is 2.82 bits per heavy atom. The van der Waals surface area contributed by atoms with Crippen molar-refractivity contribution in [3.05, 3.63) is 46.4 Å². The van der Waals surface area contributed by atoms with E-state index in [0.29, 0.717) is 16.1 Å². The van der Waals surface area contributed by atoms with E-state index in [1.807, 2.05) is 0 Å². The number of Topliss-reactive ketones (excluding diaryl/α,β-unsaturated/α-hetero) is 1. The first-order chi connectivity index (χ1) is 10.5. The van der Waals surface area contributed by atoms with Crippen LogP contribution >= 0.6 is 11.6 Å². The summed E-state index contributed by atoms with van der Waals surface area (Å²) in [5, 5.41) is 3.82. The lowest BCUT2D eigenvalue weighted by Crippen LogP contribution is -2.09. The first-order valence-electron chi connectivity index (χ1n) is 7.26. The molecule has 0 unspecified atom stereocenters. The zero-order valence-electron chi connectivity index (χ0n) is 12.0. The number of rotatable bonds is 2. The van der Waals surface area contributed by atoms with Gasteiger partial charge in [-0.3, -0.25) is 4.79 Å².